The SMILES string of the molecule is CCCCCNC(=O)CCN(C(C)=O)c1ccccc1Cl. The molecular formula is C16H23ClN2O2. The molecule has 4 nitrogen and oxygen atoms in total. The fourth-order valence-electron chi connectivity index (χ4n) is 2.02. The molecule has 0 aliphatic rings. The summed E-state index contributed by atoms with van der Waals surface area (Å²) in [7, 11) is 0. The van der Waals surface area contributed by atoms with Crippen molar-refractivity contribution in [3.8, 4) is 0 Å². The summed E-state index contributed by atoms with van der Waals surface area (Å²) in [5.74, 6) is -0.161. The number of rotatable bonds is 8. The van der Waals surface area contributed by atoms with Gasteiger partial charge in [-0.25, -0.2) is 0 Å². The largest absolute Gasteiger partial charge is 0.356 e. The van der Waals surface area contributed by atoms with Gasteiger partial charge in [0.05, 0.1) is 10.7 Å². The Morgan fingerprint density at radius 1 is 1.24 bits per heavy atom. The van der Waals surface area contributed by atoms with Crippen molar-refractivity contribution in [1.82, 2.24) is 5.32 Å². The van der Waals surface area contributed by atoms with Gasteiger partial charge in [0.25, 0.3) is 0 Å². The summed E-state index contributed by atoms with van der Waals surface area (Å²) < 4.78 is 0. The van der Waals surface area contributed by atoms with Crippen LogP contribution in [0.15, 0.2) is 24.3 Å². The molecule has 1 N–H and O–H groups in total. The van der Waals surface area contributed by atoms with E-state index in [-0.39, 0.29) is 18.2 Å². The summed E-state index contributed by atoms with van der Waals surface area (Å²) in [4.78, 5) is 25.0. The molecule has 0 saturated heterocycles. The number of hydrogen-bond donors (Lipinski definition) is 1. The van der Waals surface area contributed by atoms with Crippen LogP contribution in [0.3, 0.4) is 0 Å². The van der Waals surface area contributed by atoms with E-state index in [0.717, 1.165) is 19.3 Å². The molecule has 0 aliphatic heterocycles. The fraction of sp³-hybridized carbons (Fsp3) is 0.500. The van der Waals surface area contributed by atoms with Crippen LogP contribution in [0.2, 0.25) is 5.02 Å². The Hall–Kier alpha value is -1.55. The molecule has 0 radical (unpaired) electrons. The quantitative estimate of drug-likeness (QED) is 0.748. The maximum absolute atomic E-state index is 11.8. The summed E-state index contributed by atoms with van der Waals surface area (Å²) in [6.07, 6.45) is 3.50. The van der Waals surface area contributed by atoms with E-state index in [1.165, 1.54) is 11.8 Å². The molecule has 0 aromatic heterocycles. The second kappa shape index (κ2) is 9.40. The van der Waals surface area contributed by atoms with Crippen molar-refractivity contribution in [3.05, 3.63) is 29.3 Å². The summed E-state index contributed by atoms with van der Waals surface area (Å²) in [6.45, 7) is 4.62. The average Bonchev–Trinajstić information content (AvgIpc) is 2.45. The van der Waals surface area contributed by atoms with Gasteiger partial charge in [-0.05, 0) is 18.6 Å². The molecule has 0 saturated carbocycles. The monoisotopic (exact) mass is 310 g/mol. The van der Waals surface area contributed by atoms with E-state index in [4.69, 9.17) is 11.6 Å². The van der Waals surface area contributed by atoms with E-state index >= 15 is 0 Å². The first kappa shape index (κ1) is 17.5. The number of anilines is 1. The highest BCUT2D eigenvalue weighted by Gasteiger charge is 2.15. The number of nitrogens with zero attached hydrogens (tertiary/aromatic N) is 1. The number of unbranched alkanes of at least 4 members (excludes halogenated alkanes) is 2. The highest BCUT2D eigenvalue weighted by Crippen LogP contribution is 2.25. The van der Waals surface area contributed by atoms with Crippen LogP contribution in [0.25, 0.3) is 0 Å². The molecule has 2 amide bonds. The Labute approximate surface area is 131 Å². The molecule has 1 aromatic rings. The number of para-hydroxylation sites is 1. The van der Waals surface area contributed by atoms with E-state index < -0.39 is 0 Å². The molecule has 21 heavy (non-hydrogen) atoms. The zero-order chi connectivity index (χ0) is 15.7. The molecular weight excluding hydrogens is 288 g/mol. The molecule has 0 heterocycles. The Morgan fingerprint density at radius 2 is 1.95 bits per heavy atom. The minimum atomic E-state index is -0.123. The predicted molar refractivity (Wildman–Crippen MR) is 86.6 cm³/mol. The van der Waals surface area contributed by atoms with E-state index in [9.17, 15) is 9.59 Å². The molecule has 1 aromatic carbocycles. The van der Waals surface area contributed by atoms with Crippen molar-refractivity contribution in [1.29, 1.82) is 0 Å². The van der Waals surface area contributed by atoms with Gasteiger partial charge in [0, 0.05) is 26.4 Å². The third-order valence-corrected chi connectivity index (χ3v) is 3.51. The third-order valence-electron chi connectivity index (χ3n) is 3.19. The maximum atomic E-state index is 11.8. The third kappa shape index (κ3) is 6.17. The van der Waals surface area contributed by atoms with Crippen LogP contribution in [-0.4, -0.2) is 24.9 Å². The second-order valence-electron chi connectivity index (χ2n) is 4.93. The number of hydrogen-bond acceptors (Lipinski definition) is 2. The number of halogens is 1. The molecule has 1 rings (SSSR count). The van der Waals surface area contributed by atoms with Crippen LogP contribution in [0.5, 0.6) is 0 Å². The molecule has 5 heteroatoms. The van der Waals surface area contributed by atoms with Crippen molar-refractivity contribution in [3.63, 3.8) is 0 Å². The van der Waals surface area contributed by atoms with Gasteiger partial charge in [0.2, 0.25) is 11.8 Å². The summed E-state index contributed by atoms with van der Waals surface area (Å²) in [5.41, 5.74) is 0.644. The van der Waals surface area contributed by atoms with Crippen molar-refractivity contribution < 1.29 is 9.59 Å². The highest BCUT2D eigenvalue weighted by molar-refractivity contribution is 6.33. The minimum absolute atomic E-state index is 0.0376. The minimum Gasteiger partial charge on any atom is -0.356 e. The molecule has 0 atom stereocenters. The Morgan fingerprint density at radius 3 is 2.57 bits per heavy atom. The average molecular weight is 311 g/mol. The van der Waals surface area contributed by atoms with Gasteiger partial charge >= 0.3 is 0 Å². The zero-order valence-corrected chi connectivity index (χ0v) is 13.4. The van der Waals surface area contributed by atoms with Crippen molar-refractivity contribution in [2.24, 2.45) is 0 Å². The second-order valence-corrected chi connectivity index (χ2v) is 5.34. The van der Waals surface area contributed by atoms with Crippen LogP contribution < -0.4 is 10.2 Å². The van der Waals surface area contributed by atoms with Gasteiger partial charge in [-0.1, -0.05) is 43.5 Å². The number of benzene rings is 1. The van der Waals surface area contributed by atoms with Crippen molar-refractivity contribution in [2.75, 3.05) is 18.0 Å². The van der Waals surface area contributed by atoms with E-state index in [1.54, 1.807) is 12.1 Å². The summed E-state index contributed by atoms with van der Waals surface area (Å²) >= 11 is 6.10. The van der Waals surface area contributed by atoms with Gasteiger partial charge in [0.1, 0.15) is 0 Å². The van der Waals surface area contributed by atoms with Gasteiger partial charge in [-0.3, -0.25) is 9.59 Å². The van der Waals surface area contributed by atoms with E-state index in [1.807, 2.05) is 12.1 Å². The van der Waals surface area contributed by atoms with Crippen molar-refractivity contribution >= 4 is 29.1 Å². The number of carbonyl (C=O) groups is 2. The number of carbonyl (C=O) groups excluding carboxylic acids is 2. The van der Waals surface area contributed by atoms with E-state index in [0.29, 0.717) is 23.8 Å². The standard InChI is InChI=1S/C16H23ClN2O2/c1-3-4-7-11-18-16(21)10-12-19(13(2)20)15-9-6-5-8-14(15)17/h5-6,8-9H,3-4,7,10-12H2,1-2H3,(H,18,21). The number of nitrogens with one attached hydrogen (secondary N) is 1. The van der Waals surface area contributed by atoms with Gasteiger partial charge in [-0.2, -0.15) is 0 Å². The van der Waals surface area contributed by atoms with Crippen LogP contribution in [0.1, 0.15) is 39.5 Å². The molecule has 0 unspecified atom stereocenters. The van der Waals surface area contributed by atoms with Gasteiger partial charge in [0.15, 0.2) is 0 Å². The van der Waals surface area contributed by atoms with Crippen LogP contribution in [0.4, 0.5) is 5.69 Å². The maximum Gasteiger partial charge on any atom is 0.223 e. The lowest BCUT2D eigenvalue weighted by Crippen LogP contribution is -2.34. The molecule has 0 fully saturated rings. The number of amides is 2. The van der Waals surface area contributed by atoms with Gasteiger partial charge in [-0.15, -0.1) is 0 Å². The normalized spacial score (nSPS) is 10.2. The van der Waals surface area contributed by atoms with Crippen molar-refractivity contribution in [2.45, 2.75) is 39.5 Å². The molecule has 116 valence electrons. The lowest BCUT2D eigenvalue weighted by atomic mass is 10.2. The van der Waals surface area contributed by atoms with E-state index in [2.05, 4.69) is 12.2 Å². The fourth-order valence-corrected chi connectivity index (χ4v) is 2.26. The van der Waals surface area contributed by atoms with Crippen LogP contribution in [0, 0.1) is 0 Å². The molecule has 0 bridgehead atoms. The first-order valence-corrected chi connectivity index (χ1v) is 7.73. The topological polar surface area (TPSA) is 49.4 Å². The van der Waals surface area contributed by atoms with Crippen LogP contribution >= 0.6 is 11.6 Å². The Kier molecular flexibility index (Phi) is 7.83. The summed E-state index contributed by atoms with van der Waals surface area (Å²) in [5, 5.41) is 3.38. The Bertz CT molecular complexity index is 477. The summed E-state index contributed by atoms with van der Waals surface area (Å²) in [6, 6.07) is 7.15. The smallest absolute Gasteiger partial charge is 0.223 e. The Balaban J connectivity index is 2.51. The molecule has 0 aliphatic carbocycles. The van der Waals surface area contributed by atoms with Crippen LogP contribution in [-0.2, 0) is 9.59 Å². The lowest BCUT2D eigenvalue weighted by Gasteiger charge is -2.22. The lowest BCUT2D eigenvalue weighted by molar-refractivity contribution is -0.121. The highest BCUT2D eigenvalue weighted by atomic mass is 35.5. The first-order valence-electron chi connectivity index (χ1n) is 7.35. The predicted octanol–water partition coefficient (Wildman–Crippen LogP) is 3.39. The van der Waals surface area contributed by atoms with Gasteiger partial charge < -0.3 is 10.2 Å². The first-order chi connectivity index (χ1) is 10.1. The molecule has 0 spiro atoms. The zero-order valence-electron chi connectivity index (χ0n) is 12.7.